The van der Waals surface area contributed by atoms with Crippen LogP contribution in [0.15, 0.2) is 16.0 Å². The Kier molecular flexibility index (Phi) is 2.15. The Hall–Kier alpha value is -0.770. The van der Waals surface area contributed by atoms with Crippen molar-refractivity contribution >= 4 is 24.0 Å². The van der Waals surface area contributed by atoms with Crippen LogP contribution in [0.3, 0.4) is 0 Å². The maximum absolute atomic E-state index is 11.4. The summed E-state index contributed by atoms with van der Waals surface area (Å²) < 4.78 is 0. The summed E-state index contributed by atoms with van der Waals surface area (Å²) in [6.07, 6.45) is 3.56. The molecule has 0 aromatic heterocycles. The zero-order valence-electron chi connectivity index (χ0n) is 7.65. The van der Waals surface area contributed by atoms with Gasteiger partial charge in [-0.15, -0.1) is 11.8 Å². The molecule has 2 atom stereocenters. The molecule has 0 aromatic rings. The SMILES string of the molecule is CC(C)C1=C[C@H]2C(=O)NC=N[C@@H]2S1. The third-order valence-corrected chi connectivity index (χ3v) is 3.74. The topological polar surface area (TPSA) is 41.5 Å². The van der Waals surface area contributed by atoms with E-state index >= 15 is 0 Å². The van der Waals surface area contributed by atoms with Crippen LogP contribution < -0.4 is 5.32 Å². The van der Waals surface area contributed by atoms with Gasteiger partial charge in [0.05, 0.1) is 12.3 Å². The fraction of sp³-hybridized carbons (Fsp3) is 0.556. The van der Waals surface area contributed by atoms with Crippen LogP contribution in [0.4, 0.5) is 0 Å². The highest BCUT2D eigenvalue weighted by Crippen LogP contribution is 2.41. The summed E-state index contributed by atoms with van der Waals surface area (Å²) >= 11 is 1.71. The van der Waals surface area contributed by atoms with E-state index in [-0.39, 0.29) is 17.2 Å². The lowest BCUT2D eigenvalue weighted by Gasteiger charge is -2.17. The van der Waals surface area contributed by atoms with Crippen molar-refractivity contribution in [2.45, 2.75) is 19.2 Å². The number of fused-ring (bicyclic) bond motifs is 1. The van der Waals surface area contributed by atoms with E-state index in [1.165, 1.54) is 11.2 Å². The molecule has 0 spiro atoms. The fourth-order valence-corrected chi connectivity index (χ4v) is 2.69. The number of nitrogens with one attached hydrogen (secondary N) is 1. The Bertz CT molecular complexity index is 296. The maximum atomic E-state index is 11.4. The molecule has 0 aromatic carbocycles. The Labute approximate surface area is 81.7 Å². The highest BCUT2D eigenvalue weighted by molar-refractivity contribution is 8.04. The van der Waals surface area contributed by atoms with E-state index < -0.39 is 0 Å². The van der Waals surface area contributed by atoms with Gasteiger partial charge in [0.15, 0.2) is 0 Å². The molecule has 0 fully saturated rings. The molecular weight excluding hydrogens is 184 g/mol. The number of thioether (sulfide) groups is 1. The van der Waals surface area contributed by atoms with Crippen LogP contribution in [0.25, 0.3) is 0 Å². The minimum Gasteiger partial charge on any atom is -0.317 e. The smallest absolute Gasteiger partial charge is 0.235 e. The van der Waals surface area contributed by atoms with Crippen LogP contribution in [0.2, 0.25) is 0 Å². The predicted molar refractivity (Wildman–Crippen MR) is 54.4 cm³/mol. The summed E-state index contributed by atoms with van der Waals surface area (Å²) in [7, 11) is 0. The number of rotatable bonds is 1. The number of hydrogen-bond donors (Lipinski definition) is 1. The quantitative estimate of drug-likeness (QED) is 0.688. The summed E-state index contributed by atoms with van der Waals surface area (Å²) in [4.78, 5) is 16.9. The van der Waals surface area contributed by atoms with Crippen molar-refractivity contribution in [3.8, 4) is 0 Å². The van der Waals surface area contributed by atoms with E-state index in [1.54, 1.807) is 11.8 Å². The van der Waals surface area contributed by atoms with Gasteiger partial charge in [-0.3, -0.25) is 9.79 Å². The summed E-state index contributed by atoms with van der Waals surface area (Å²) in [6.45, 7) is 4.27. The van der Waals surface area contributed by atoms with Crippen LogP contribution in [0, 0.1) is 11.8 Å². The molecule has 0 bridgehead atoms. The summed E-state index contributed by atoms with van der Waals surface area (Å²) in [5.41, 5.74) is 0. The van der Waals surface area contributed by atoms with Crippen LogP contribution in [-0.4, -0.2) is 17.6 Å². The van der Waals surface area contributed by atoms with Crippen LogP contribution in [0.1, 0.15) is 13.8 Å². The molecule has 1 N–H and O–H groups in total. The van der Waals surface area contributed by atoms with Crippen molar-refractivity contribution < 1.29 is 4.79 Å². The zero-order chi connectivity index (χ0) is 9.42. The molecule has 0 saturated heterocycles. The Morgan fingerprint density at radius 2 is 2.38 bits per heavy atom. The number of aliphatic imine (C=N–C) groups is 1. The molecule has 0 aliphatic carbocycles. The molecule has 2 rings (SSSR count). The lowest BCUT2D eigenvalue weighted by Crippen LogP contribution is -2.36. The summed E-state index contributed by atoms with van der Waals surface area (Å²) in [6, 6.07) is 0. The zero-order valence-corrected chi connectivity index (χ0v) is 8.47. The third kappa shape index (κ3) is 1.50. The highest BCUT2D eigenvalue weighted by Gasteiger charge is 2.35. The number of carbonyl (C=O) groups excluding carboxylic acids is 1. The van der Waals surface area contributed by atoms with Crippen LogP contribution >= 0.6 is 11.8 Å². The molecule has 0 saturated carbocycles. The molecule has 13 heavy (non-hydrogen) atoms. The molecule has 2 heterocycles. The molecule has 1 amide bonds. The highest BCUT2D eigenvalue weighted by atomic mass is 32.2. The average Bonchev–Trinajstić information content (AvgIpc) is 2.49. The number of allylic oxidation sites excluding steroid dienone is 1. The van der Waals surface area contributed by atoms with Gasteiger partial charge >= 0.3 is 0 Å². The molecule has 2 aliphatic rings. The molecule has 4 heteroatoms. The summed E-state index contributed by atoms with van der Waals surface area (Å²) in [5, 5.41) is 2.71. The van der Waals surface area contributed by atoms with Crippen molar-refractivity contribution in [1.29, 1.82) is 0 Å². The molecule has 0 unspecified atom stereocenters. The van der Waals surface area contributed by atoms with Gasteiger partial charge in [0.1, 0.15) is 5.37 Å². The van der Waals surface area contributed by atoms with Gasteiger partial charge in [-0.1, -0.05) is 19.9 Å². The first-order valence-corrected chi connectivity index (χ1v) is 5.27. The number of hydrogen-bond acceptors (Lipinski definition) is 3. The first-order chi connectivity index (χ1) is 6.18. The summed E-state index contributed by atoms with van der Waals surface area (Å²) in [5.74, 6) is 0.522. The van der Waals surface area contributed by atoms with Crippen molar-refractivity contribution in [2.75, 3.05) is 0 Å². The average molecular weight is 196 g/mol. The van der Waals surface area contributed by atoms with Gasteiger partial charge < -0.3 is 5.32 Å². The van der Waals surface area contributed by atoms with Gasteiger partial charge in [-0.05, 0) is 10.8 Å². The number of carbonyl (C=O) groups is 1. The van der Waals surface area contributed by atoms with Gasteiger partial charge in [0, 0.05) is 0 Å². The van der Waals surface area contributed by atoms with Gasteiger partial charge in [0.2, 0.25) is 5.91 Å². The van der Waals surface area contributed by atoms with E-state index in [9.17, 15) is 4.79 Å². The van der Waals surface area contributed by atoms with E-state index in [0.717, 1.165) is 0 Å². The first-order valence-electron chi connectivity index (χ1n) is 4.39. The monoisotopic (exact) mass is 196 g/mol. The Morgan fingerprint density at radius 1 is 1.62 bits per heavy atom. The first kappa shape index (κ1) is 8.81. The van der Waals surface area contributed by atoms with Crippen molar-refractivity contribution in [3.63, 3.8) is 0 Å². The molecule has 70 valence electrons. The normalized spacial score (nSPS) is 31.6. The Balaban J connectivity index is 2.21. The molecular formula is C9H12N2OS. The maximum Gasteiger partial charge on any atom is 0.235 e. The second-order valence-electron chi connectivity index (χ2n) is 3.54. The van der Waals surface area contributed by atoms with Crippen molar-refractivity contribution in [2.24, 2.45) is 16.8 Å². The standard InChI is InChI=1S/C9H12N2OS/c1-5(2)7-3-6-8(12)10-4-11-9(6)13-7/h3-6,9H,1-2H3,(H,10,11,12)/t6-,9+/m0/s1. The van der Waals surface area contributed by atoms with Crippen molar-refractivity contribution in [3.05, 3.63) is 11.0 Å². The largest absolute Gasteiger partial charge is 0.317 e. The number of nitrogens with zero attached hydrogens (tertiary/aromatic N) is 1. The van der Waals surface area contributed by atoms with Crippen molar-refractivity contribution in [1.82, 2.24) is 5.32 Å². The second-order valence-corrected chi connectivity index (χ2v) is 4.73. The van der Waals surface area contributed by atoms with Gasteiger partial charge in [-0.2, -0.15) is 0 Å². The predicted octanol–water partition coefficient (Wildman–Crippen LogP) is 1.37. The molecule has 3 nitrogen and oxygen atoms in total. The van der Waals surface area contributed by atoms with Crippen LogP contribution in [-0.2, 0) is 4.79 Å². The third-order valence-electron chi connectivity index (χ3n) is 2.21. The Morgan fingerprint density at radius 3 is 3.00 bits per heavy atom. The lowest BCUT2D eigenvalue weighted by molar-refractivity contribution is -0.122. The van der Waals surface area contributed by atoms with Gasteiger partial charge in [-0.25, -0.2) is 0 Å². The fourth-order valence-electron chi connectivity index (χ4n) is 1.44. The lowest BCUT2D eigenvalue weighted by atomic mass is 10.1. The minimum atomic E-state index is -0.0487. The van der Waals surface area contributed by atoms with Gasteiger partial charge in [0.25, 0.3) is 0 Å². The minimum absolute atomic E-state index is 0.0487. The molecule has 0 radical (unpaired) electrons. The number of amides is 1. The second kappa shape index (κ2) is 3.18. The molecule has 2 aliphatic heterocycles. The van der Waals surface area contributed by atoms with E-state index in [2.05, 4.69) is 24.2 Å². The van der Waals surface area contributed by atoms with Crippen LogP contribution in [0.5, 0.6) is 0 Å². The van der Waals surface area contributed by atoms with E-state index in [4.69, 9.17) is 0 Å². The van der Waals surface area contributed by atoms with E-state index in [0.29, 0.717) is 5.92 Å². The van der Waals surface area contributed by atoms with E-state index in [1.807, 2.05) is 6.08 Å².